The number of carbonyl (C=O) groups is 1. The Hall–Kier alpha value is -1.21. The summed E-state index contributed by atoms with van der Waals surface area (Å²) in [4.78, 5) is 17.3. The normalized spacial score (nSPS) is 26.6. The SMILES string of the molecule is C=CS(=O)(=O)N1CCC2(CC1)N=C(C1CCCCCC1)NC2=O. The first-order valence-electron chi connectivity index (χ1n) is 8.51. The first-order valence-corrected chi connectivity index (χ1v) is 10.0. The summed E-state index contributed by atoms with van der Waals surface area (Å²) in [6, 6.07) is 0. The molecule has 1 N–H and O–H groups in total. The Morgan fingerprint density at radius 2 is 1.78 bits per heavy atom. The van der Waals surface area contributed by atoms with Gasteiger partial charge < -0.3 is 5.32 Å². The summed E-state index contributed by atoms with van der Waals surface area (Å²) >= 11 is 0. The fourth-order valence-electron chi connectivity index (χ4n) is 3.84. The fraction of sp³-hybridized carbons (Fsp3) is 0.750. The molecule has 0 aromatic heterocycles. The molecule has 1 saturated heterocycles. The maximum absolute atomic E-state index is 12.5. The number of piperidine rings is 1. The smallest absolute Gasteiger partial charge is 0.253 e. The Morgan fingerprint density at radius 3 is 2.35 bits per heavy atom. The predicted octanol–water partition coefficient (Wildman–Crippen LogP) is 1.79. The van der Waals surface area contributed by atoms with Gasteiger partial charge in [-0.1, -0.05) is 32.3 Å². The number of hydrogen-bond donors (Lipinski definition) is 1. The van der Waals surface area contributed by atoms with Crippen LogP contribution in [0.5, 0.6) is 0 Å². The number of rotatable bonds is 3. The van der Waals surface area contributed by atoms with Crippen LogP contribution in [0.3, 0.4) is 0 Å². The first-order chi connectivity index (χ1) is 11.0. The number of nitrogens with zero attached hydrogens (tertiary/aromatic N) is 2. The lowest BCUT2D eigenvalue weighted by Crippen LogP contribution is -2.50. The first kappa shape index (κ1) is 16.6. The van der Waals surface area contributed by atoms with Crippen LogP contribution in [0, 0.1) is 5.92 Å². The molecular weight excluding hydrogens is 314 g/mol. The van der Waals surface area contributed by atoms with Crippen molar-refractivity contribution < 1.29 is 13.2 Å². The largest absolute Gasteiger partial charge is 0.312 e. The molecular formula is C16H25N3O3S. The second-order valence-corrected chi connectivity index (χ2v) is 8.66. The van der Waals surface area contributed by atoms with Crippen molar-refractivity contribution in [2.24, 2.45) is 10.9 Å². The van der Waals surface area contributed by atoms with Crippen LogP contribution in [0.25, 0.3) is 0 Å². The Bertz CT molecular complexity index is 610. The highest BCUT2D eigenvalue weighted by molar-refractivity contribution is 7.92. The third-order valence-corrected chi connectivity index (χ3v) is 6.87. The second kappa shape index (κ2) is 6.36. The van der Waals surface area contributed by atoms with Crippen molar-refractivity contribution in [1.29, 1.82) is 0 Å². The third kappa shape index (κ3) is 3.21. The highest BCUT2D eigenvalue weighted by Gasteiger charge is 2.47. The van der Waals surface area contributed by atoms with E-state index in [-0.39, 0.29) is 5.91 Å². The van der Waals surface area contributed by atoms with Crippen LogP contribution in [0.4, 0.5) is 0 Å². The van der Waals surface area contributed by atoms with Crippen LogP contribution in [-0.4, -0.2) is 43.1 Å². The van der Waals surface area contributed by atoms with E-state index in [2.05, 4.69) is 11.9 Å². The summed E-state index contributed by atoms with van der Waals surface area (Å²) < 4.78 is 25.1. The molecule has 3 aliphatic rings. The number of sulfonamides is 1. The van der Waals surface area contributed by atoms with Crippen molar-refractivity contribution >= 4 is 21.8 Å². The van der Waals surface area contributed by atoms with E-state index in [4.69, 9.17) is 4.99 Å². The topological polar surface area (TPSA) is 78.8 Å². The molecule has 23 heavy (non-hydrogen) atoms. The van der Waals surface area contributed by atoms with Gasteiger partial charge in [0.05, 0.1) is 0 Å². The summed E-state index contributed by atoms with van der Waals surface area (Å²) in [5.74, 6) is 1.15. The molecule has 7 heteroatoms. The summed E-state index contributed by atoms with van der Waals surface area (Å²) in [7, 11) is -3.41. The van der Waals surface area contributed by atoms with Gasteiger partial charge in [0.15, 0.2) is 0 Å². The molecule has 3 rings (SSSR count). The lowest BCUT2D eigenvalue weighted by atomic mass is 9.89. The number of amides is 1. The Kier molecular flexibility index (Phi) is 4.60. The van der Waals surface area contributed by atoms with E-state index in [9.17, 15) is 13.2 Å². The zero-order valence-electron chi connectivity index (χ0n) is 13.5. The van der Waals surface area contributed by atoms with Crippen molar-refractivity contribution in [3.63, 3.8) is 0 Å². The molecule has 1 saturated carbocycles. The molecule has 2 fully saturated rings. The summed E-state index contributed by atoms with van der Waals surface area (Å²) in [5, 5.41) is 3.97. The summed E-state index contributed by atoms with van der Waals surface area (Å²) in [5.41, 5.74) is -0.755. The molecule has 0 aromatic carbocycles. The average molecular weight is 339 g/mol. The fourth-order valence-corrected chi connectivity index (χ4v) is 4.75. The van der Waals surface area contributed by atoms with Crippen molar-refractivity contribution in [2.75, 3.05) is 13.1 Å². The molecule has 1 amide bonds. The second-order valence-electron chi connectivity index (χ2n) is 6.78. The number of hydrogen-bond acceptors (Lipinski definition) is 4. The van der Waals surface area contributed by atoms with Crippen molar-refractivity contribution in [2.45, 2.75) is 56.9 Å². The zero-order chi connectivity index (χ0) is 16.5. The van der Waals surface area contributed by atoms with E-state index < -0.39 is 15.6 Å². The van der Waals surface area contributed by atoms with Gasteiger partial charge >= 0.3 is 0 Å². The Balaban J connectivity index is 1.73. The number of carbonyl (C=O) groups excluding carboxylic acids is 1. The molecule has 1 aliphatic carbocycles. The van der Waals surface area contributed by atoms with Gasteiger partial charge in [-0.2, -0.15) is 4.31 Å². The molecule has 2 heterocycles. The summed E-state index contributed by atoms with van der Waals surface area (Å²) in [6.45, 7) is 4.00. The molecule has 6 nitrogen and oxygen atoms in total. The zero-order valence-corrected chi connectivity index (χ0v) is 14.3. The lowest BCUT2D eigenvalue weighted by molar-refractivity contribution is -0.124. The van der Waals surface area contributed by atoms with E-state index in [1.54, 1.807) is 0 Å². The van der Waals surface area contributed by atoms with Gasteiger partial charge in [0.2, 0.25) is 10.0 Å². The van der Waals surface area contributed by atoms with Gasteiger partial charge in [0.25, 0.3) is 5.91 Å². The number of nitrogens with one attached hydrogen (secondary N) is 1. The monoisotopic (exact) mass is 339 g/mol. The number of amidine groups is 1. The van der Waals surface area contributed by atoms with Gasteiger partial charge in [-0.25, -0.2) is 8.42 Å². The van der Waals surface area contributed by atoms with Gasteiger partial charge in [-0.15, -0.1) is 0 Å². The maximum atomic E-state index is 12.5. The van der Waals surface area contributed by atoms with Crippen LogP contribution in [0.2, 0.25) is 0 Å². The maximum Gasteiger partial charge on any atom is 0.253 e. The van der Waals surface area contributed by atoms with E-state index in [0.717, 1.165) is 24.1 Å². The van der Waals surface area contributed by atoms with Crippen molar-refractivity contribution in [3.8, 4) is 0 Å². The molecule has 0 bridgehead atoms. The Morgan fingerprint density at radius 1 is 1.17 bits per heavy atom. The minimum Gasteiger partial charge on any atom is -0.312 e. The third-order valence-electron chi connectivity index (χ3n) is 5.36. The quantitative estimate of drug-likeness (QED) is 0.796. The average Bonchev–Trinajstić information content (AvgIpc) is 2.74. The van der Waals surface area contributed by atoms with E-state index in [0.29, 0.717) is 31.8 Å². The molecule has 0 unspecified atom stereocenters. The van der Waals surface area contributed by atoms with Gasteiger partial charge in [-0.05, 0) is 25.7 Å². The van der Waals surface area contributed by atoms with E-state index in [1.807, 2.05) is 0 Å². The minimum absolute atomic E-state index is 0.0487. The van der Waals surface area contributed by atoms with E-state index in [1.165, 1.54) is 30.0 Å². The molecule has 2 aliphatic heterocycles. The van der Waals surface area contributed by atoms with Crippen LogP contribution >= 0.6 is 0 Å². The van der Waals surface area contributed by atoms with E-state index >= 15 is 0 Å². The van der Waals surface area contributed by atoms with Crippen LogP contribution in [0.1, 0.15) is 51.4 Å². The highest BCUT2D eigenvalue weighted by atomic mass is 32.2. The van der Waals surface area contributed by atoms with Gasteiger partial charge in [0.1, 0.15) is 11.4 Å². The van der Waals surface area contributed by atoms with Gasteiger partial charge in [0, 0.05) is 24.4 Å². The highest BCUT2D eigenvalue weighted by Crippen LogP contribution is 2.34. The van der Waals surface area contributed by atoms with Gasteiger partial charge in [-0.3, -0.25) is 9.79 Å². The predicted molar refractivity (Wildman–Crippen MR) is 89.4 cm³/mol. The minimum atomic E-state index is -3.41. The standard InChI is InChI=1S/C16H25N3O3S/c1-2-23(21,22)19-11-9-16(10-12-19)15(20)17-14(18-16)13-7-5-3-4-6-8-13/h2,13H,1,3-12H2,(H,17,18,20). The summed E-state index contributed by atoms with van der Waals surface area (Å²) in [6.07, 6.45) is 7.98. The van der Waals surface area contributed by atoms with Crippen LogP contribution in [-0.2, 0) is 14.8 Å². The van der Waals surface area contributed by atoms with Crippen LogP contribution in [0.15, 0.2) is 17.0 Å². The van der Waals surface area contributed by atoms with Crippen molar-refractivity contribution in [1.82, 2.24) is 9.62 Å². The number of aliphatic imine (C=N–C) groups is 1. The lowest BCUT2D eigenvalue weighted by Gasteiger charge is -2.34. The van der Waals surface area contributed by atoms with Crippen molar-refractivity contribution in [3.05, 3.63) is 12.0 Å². The molecule has 128 valence electrons. The molecule has 0 atom stereocenters. The molecule has 0 aromatic rings. The molecule has 1 spiro atoms. The molecule has 0 radical (unpaired) electrons. The van der Waals surface area contributed by atoms with Crippen LogP contribution < -0.4 is 5.32 Å². The Labute approximate surface area is 138 Å².